The standard InChI is InChI=1S/C10H14O.C4H6O2/c1-10(2,3)8-6-4-5-7-9(8)11;1-3(2)4(5)6/h4-7,11H,1-3H3;1H2,2H3,(H,5,6). The second-order valence-corrected chi connectivity index (χ2v) is 4.85. The highest BCUT2D eigenvalue weighted by atomic mass is 16.4. The number of benzene rings is 1. The zero-order valence-electron chi connectivity index (χ0n) is 10.8. The second kappa shape index (κ2) is 6.09. The molecule has 3 nitrogen and oxygen atoms in total. The monoisotopic (exact) mass is 236 g/mol. The summed E-state index contributed by atoms with van der Waals surface area (Å²) in [6.45, 7) is 10.9. The summed E-state index contributed by atoms with van der Waals surface area (Å²) in [7, 11) is 0. The number of carbonyl (C=O) groups is 1. The molecule has 0 fully saturated rings. The molecule has 0 saturated heterocycles. The molecule has 0 saturated carbocycles. The fourth-order valence-electron chi connectivity index (χ4n) is 1.11. The largest absolute Gasteiger partial charge is 0.508 e. The molecule has 2 N–H and O–H groups in total. The highest BCUT2D eigenvalue weighted by molar-refractivity contribution is 5.84. The molecule has 0 amide bonds. The summed E-state index contributed by atoms with van der Waals surface area (Å²) >= 11 is 0. The van der Waals surface area contributed by atoms with Crippen LogP contribution in [0.2, 0.25) is 0 Å². The van der Waals surface area contributed by atoms with Crippen LogP contribution < -0.4 is 0 Å². The molecule has 1 aromatic rings. The second-order valence-electron chi connectivity index (χ2n) is 4.85. The van der Waals surface area contributed by atoms with Crippen molar-refractivity contribution in [2.75, 3.05) is 0 Å². The van der Waals surface area contributed by atoms with Crippen LogP contribution in [0.1, 0.15) is 33.3 Å². The van der Waals surface area contributed by atoms with Crippen LogP contribution in [0.5, 0.6) is 5.75 Å². The minimum Gasteiger partial charge on any atom is -0.508 e. The van der Waals surface area contributed by atoms with Gasteiger partial charge in [-0.3, -0.25) is 0 Å². The first-order chi connectivity index (χ1) is 7.66. The van der Waals surface area contributed by atoms with E-state index in [0.717, 1.165) is 5.56 Å². The number of carboxylic acid groups (broad SMARTS) is 1. The molecule has 0 aliphatic carbocycles. The van der Waals surface area contributed by atoms with Crippen LogP contribution in [-0.4, -0.2) is 16.2 Å². The Morgan fingerprint density at radius 3 is 1.88 bits per heavy atom. The molecule has 17 heavy (non-hydrogen) atoms. The Hall–Kier alpha value is -1.77. The van der Waals surface area contributed by atoms with Gasteiger partial charge in [-0.25, -0.2) is 4.79 Å². The third-order valence-electron chi connectivity index (χ3n) is 2.08. The zero-order chi connectivity index (χ0) is 13.6. The number of phenols is 1. The van der Waals surface area contributed by atoms with E-state index in [1.54, 1.807) is 6.07 Å². The lowest BCUT2D eigenvalue weighted by Gasteiger charge is -2.19. The minimum absolute atomic E-state index is 0.0331. The van der Waals surface area contributed by atoms with Crippen LogP contribution >= 0.6 is 0 Å². The number of aromatic hydroxyl groups is 1. The highest BCUT2D eigenvalue weighted by Crippen LogP contribution is 2.29. The van der Waals surface area contributed by atoms with Crippen LogP contribution in [0.25, 0.3) is 0 Å². The fourth-order valence-corrected chi connectivity index (χ4v) is 1.11. The summed E-state index contributed by atoms with van der Waals surface area (Å²) in [5, 5.41) is 17.3. The van der Waals surface area contributed by atoms with Gasteiger partial charge in [0.2, 0.25) is 0 Å². The molecule has 1 rings (SSSR count). The highest BCUT2D eigenvalue weighted by Gasteiger charge is 2.16. The van der Waals surface area contributed by atoms with E-state index in [2.05, 4.69) is 27.4 Å². The van der Waals surface area contributed by atoms with Gasteiger partial charge in [-0.05, 0) is 24.0 Å². The van der Waals surface area contributed by atoms with Crippen molar-refractivity contribution in [3.63, 3.8) is 0 Å². The molecule has 0 heterocycles. The van der Waals surface area contributed by atoms with Crippen LogP contribution in [0, 0.1) is 0 Å². The summed E-state index contributed by atoms with van der Waals surface area (Å²) in [5.41, 5.74) is 1.21. The Bertz CT molecular complexity index is 388. The minimum atomic E-state index is -0.935. The topological polar surface area (TPSA) is 57.5 Å². The summed E-state index contributed by atoms with van der Waals surface area (Å²) in [6, 6.07) is 7.46. The smallest absolute Gasteiger partial charge is 0.330 e. The fraction of sp³-hybridized carbons (Fsp3) is 0.357. The maximum atomic E-state index is 9.60. The maximum absolute atomic E-state index is 9.60. The molecule has 0 bridgehead atoms. The molecule has 94 valence electrons. The van der Waals surface area contributed by atoms with Gasteiger partial charge in [-0.1, -0.05) is 45.5 Å². The number of hydrogen-bond acceptors (Lipinski definition) is 2. The lowest BCUT2D eigenvalue weighted by molar-refractivity contribution is -0.132. The van der Waals surface area contributed by atoms with Gasteiger partial charge in [0.25, 0.3) is 0 Å². The molecule has 1 aromatic carbocycles. The first-order valence-corrected chi connectivity index (χ1v) is 5.33. The van der Waals surface area contributed by atoms with Crippen molar-refractivity contribution in [2.45, 2.75) is 33.1 Å². The van der Waals surface area contributed by atoms with Crippen molar-refractivity contribution in [2.24, 2.45) is 0 Å². The SMILES string of the molecule is C=C(C)C(=O)O.CC(C)(C)c1ccccc1O. The van der Waals surface area contributed by atoms with Crippen LogP contribution in [-0.2, 0) is 10.2 Å². The van der Waals surface area contributed by atoms with Gasteiger partial charge in [0.1, 0.15) is 5.75 Å². The predicted molar refractivity (Wildman–Crippen MR) is 69.3 cm³/mol. The quantitative estimate of drug-likeness (QED) is 0.735. The summed E-state index contributed by atoms with van der Waals surface area (Å²) in [6.07, 6.45) is 0. The lowest BCUT2D eigenvalue weighted by atomic mass is 9.86. The van der Waals surface area contributed by atoms with Crippen molar-refractivity contribution in [1.82, 2.24) is 0 Å². The molecular weight excluding hydrogens is 216 g/mol. The van der Waals surface area contributed by atoms with Gasteiger partial charge < -0.3 is 10.2 Å². The van der Waals surface area contributed by atoms with Gasteiger partial charge in [-0.2, -0.15) is 0 Å². The van der Waals surface area contributed by atoms with Crippen molar-refractivity contribution in [3.8, 4) is 5.75 Å². The van der Waals surface area contributed by atoms with Gasteiger partial charge in [0.15, 0.2) is 0 Å². The molecule has 0 aliphatic heterocycles. The normalized spacial score (nSPS) is 10.1. The van der Waals surface area contributed by atoms with Crippen LogP contribution in [0.4, 0.5) is 0 Å². The van der Waals surface area contributed by atoms with Gasteiger partial charge in [0, 0.05) is 5.57 Å². The Kier molecular flexibility index (Phi) is 5.45. The van der Waals surface area contributed by atoms with E-state index in [1.165, 1.54) is 6.92 Å². The van der Waals surface area contributed by atoms with Crippen LogP contribution in [0.3, 0.4) is 0 Å². The first-order valence-electron chi connectivity index (χ1n) is 5.33. The molecular formula is C14H20O3. The van der Waals surface area contributed by atoms with Crippen molar-refractivity contribution in [1.29, 1.82) is 0 Å². The molecule has 0 atom stereocenters. The maximum Gasteiger partial charge on any atom is 0.330 e. The number of aliphatic carboxylic acids is 1. The van der Waals surface area contributed by atoms with Crippen molar-refractivity contribution >= 4 is 5.97 Å². The van der Waals surface area contributed by atoms with E-state index in [-0.39, 0.29) is 11.0 Å². The van der Waals surface area contributed by atoms with E-state index in [9.17, 15) is 9.90 Å². The number of rotatable bonds is 1. The molecule has 3 heteroatoms. The third kappa shape index (κ3) is 5.76. The molecule has 0 radical (unpaired) electrons. The number of para-hydroxylation sites is 1. The third-order valence-corrected chi connectivity index (χ3v) is 2.08. The van der Waals surface area contributed by atoms with Crippen molar-refractivity contribution < 1.29 is 15.0 Å². The summed E-state index contributed by atoms with van der Waals surface area (Å²) < 4.78 is 0. The Morgan fingerprint density at radius 2 is 1.65 bits per heavy atom. The number of carboxylic acids is 1. The predicted octanol–water partition coefficient (Wildman–Crippen LogP) is 3.34. The molecule has 0 aliphatic rings. The summed E-state index contributed by atoms with van der Waals surface area (Å²) in [4.78, 5) is 9.60. The van der Waals surface area contributed by atoms with E-state index >= 15 is 0 Å². The van der Waals surface area contributed by atoms with Crippen molar-refractivity contribution in [3.05, 3.63) is 42.0 Å². The number of hydrogen-bond donors (Lipinski definition) is 2. The van der Waals surface area contributed by atoms with E-state index in [0.29, 0.717) is 5.75 Å². The number of phenolic OH excluding ortho intramolecular Hbond substituents is 1. The lowest BCUT2D eigenvalue weighted by Crippen LogP contribution is -2.10. The van der Waals surface area contributed by atoms with Gasteiger partial charge in [-0.15, -0.1) is 0 Å². The first kappa shape index (κ1) is 15.2. The Labute approximate surface area is 102 Å². The summed E-state index contributed by atoms with van der Waals surface area (Å²) in [5.74, 6) is -0.546. The molecule has 0 aromatic heterocycles. The van der Waals surface area contributed by atoms with E-state index in [1.807, 2.05) is 18.2 Å². The van der Waals surface area contributed by atoms with E-state index < -0.39 is 5.97 Å². The van der Waals surface area contributed by atoms with Crippen LogP contribution in [0.15, 0.2) is 36.4 Å². The molecule has 0 unspecified atom stereocenters. The van der Waals surface area contributed by atoms with E-state index in [4.69, 9.17) is 5.11 Å². The zero-order valence-corrected chi connectivity index (χ0v) is 10.8. The van der Waals surface area contributed by atoms with Gasteiger partial charge in [0.05, 0.1) is 0 Å². The Morgan fingerprint density at radius 1 is 1.24 bits per heavy atom. The molecule has 0 spiro atoms. The average Bonchev–Trinajstić information content (AvgIpc) is 2.17. The average molecular weight is 236 g/mol. The van der Waals surface area contributed by atoms with Gasteiger partial charge >= 0.3 is 5.97 Å². The Balaban J connectivity index is 0.000000366.